The number of nitrogens with zero attached hydrogens (tertiary/aromatic N) is 2. The van der Waals surface area contributed by atoms with Crippen molar-refractivity contribution in [3.63, 3.8) is 0 Å². The number of hydrogen-bond donors (Lipinski definition) is 2. The van der Waals surface area contributed by atoms with Crippen LogP contribution in [0.15, 0.2) is 4.52 Å². The summed E-state index contributed by atoms with van der Waals surface area (Å²) in [6, 6.07) is -0.540. The average molecular weight is 185 g/mol. The quantitative estimate of drug-likeness (QED) is 0.716. The fourth-order valence-corrected chi connectivity index (χ4v) is 0.854. The fraction of sp³-hybridized carbons (Fsp3) is 0.750. The molecule has 0 saturated carbocycles. The molecule has 0 aliphatic carbocycles. The van der Waals surface area contributed by atoms with Gasteiger partial charge in [-0.15, -0.1) is 0 Å². The monoisotopic (exact) mass is 185 g/mol. The highest BCUT2D eigenvalue weighted by Crippen LogP contribution is 2.17. The van der Waals surface area contributed by atoms with Crippen LogP contribution < -0.4 is 5.73 Å². The number of nitrogens with two attached hydrogens (primary N) is 1. The van der Waals surface area contributed by atoms with Gasteiger partial charge >= 0.3 is 0 Å². The maximum Gasteiger partial charge on any atom is 0.229 e. The Labute approximate surface area is 76.9 Å². The Morgan fingerprint density at radius 1 is 1.62 bits per heavy atom. The molecule has 0 radical (unpaired) electrons. The summed E-state index contributed by atoms with van der Waals surface area (Å²) in [5.74, 6) is 1.20. The molecule has 13 heavy (non-hydrogen) atoms. The highest BCUT2D eigenvalue weighted by Gasteiger charge is 2.16. The van der Waals surface area contributed by atoms with Gasteiger partial charge in [0.05, 0.1) is 12.6 Å². The number of hydrogen-bond acceptors (Lipinski definition) is 5. The molecule has 3 N–H and O–H groups in total. The van der Waals surface area contributed by atoms with Gasteiger partial charge in [-0.25, -0.2) is 0 Å². The largest absolute Gasteiger partial charge is 0.394 e. The molecule has 1 heterocycles. The van der Waals surface area contributed by atoms with Gasteiger partial charge in [-0.3, -0.25) is 0 Å². The van der Waals surface area contributed by atoms with E-state index in [-0.39, 0.29) is 12.5 Å². The zero-order chi connectivity index (χ0) is 9.84. The maximum absolute atomic E-state index is 8.75. The molecule has 1 aromatic heterocycles. The van der Waals surface area contributed by atoms with Crippen molar-refractivity contribution in [2.45, 2.75) is 32.2 Å². The van der Waals surface area contributed by atoms with E-state index >= 15 is 0 Å². The number of aliphatic hydroxyl groups excluding tert-OH is 1. The standard InChI is InChI=1S/C8H15N3O2/c1-3-5(2)8-10-7(11-13-8)6(9)4-12/h5-6,12H,3-4,9H2,1-2H3. The Kier molecular flexibility index (Phi) is 3.39. The summed E-state index contributed by atoms with van der Waals surface area (Å²) in [6.45, 7) is 3.88. The van der Waals surface area contributed by atoms with Crippen molar-refractivity contribution in [2.24, 2.45) is 5.73 Å². The van der Waals surface area contributed by atoms with Crippen molar-refractivity contribution in [3.8, 4) is 0 Å². The molecule has 0 saturated heterocycles. The molecule has 0 aliphatic rings. The number of rotatable bonds is 4. The van der Waals surface area contributed by atoms with Crippen molar-refractivity contribution in [2.75, 3.05) is 6.61 Å². The summed E-state index contributed by atoms with van der Waals surface area (Å²) in [5, 5.41) is 12.4. The lowest BCUT2D eigenvalue weighted by Gasteiger charge is -2.00. The third-order valence-electron chi connectivity index (χ3n) is 2.02. The molecule has 5 heteroatoms. The smallest absolute Gasteiger partial charge is 0.229 e. The van der Waals surface area contributed by atoms with Crippen molar-refractivity contribution in [3.05, 3.63) is 11.7 Å². The van der Waals surface area contributed by atoms with Gasteiger partial charge in [0.15, 0.2) is 5.82 Å². The van der Waals surface area contributed by atoms with E-state index in [0.29, 0.717) is 11.7 Å². The Morgan fingerprint density at radius 3 is 2.85 bits per heavy atom. The third-order valence-corrected chi connectivity index (χ3v) is 2.02. The minimum absolute atomic E-state index is 0.167. The van der Waals surface area contributed by atoms with Crippen LogP contribution in [0.5, 0.6) is 0 Å². The van der Waals surface area contributed by atoms with Crippen molar-refractivity contribution < 1.29 is 9.63 Å². The van der Waals surface area contributed by atoms with Crippen LogP contribution in [0.3, 0.4) is 0 Å². The van der Waals surface area contributed by atoms with E-state index in [2.05, 4.69) is 10.1 Å². The summed E-state index contributed by atoms with van der Waals surface area (Å²) in [6.07, 6.45) is 0.940. The van der Waals surface area contributed by atoms with E-state index in [9.17, 15) is 0 Å². The zero-order valence-corrected chi connectivity index (χ0v) is 7.90. The van der Waals surface area contributed by atoms with Crippen LogP contribution in [0.1, 0.15) is 43.9 Å². The van der Waals surface area contributed by atoms with Gasteiger partial charge in [0, 0.05) is 5.92 Å². The van der Waals surface area contributed by atoms with E-state index in [1.165, 1.54) is 0 Å². The molecular formula is C8H15N3O2. The molecule has 5 nitrogen and oxygen atoms in total. The molecule has 2 unspecified atom stereocenters. The molecule has 0 bridgehead atoms. The van der Waals surface area contributed by atoms with E-state index in [1.54, 1.807) is 0 Å². The van der Waals surface area contributed by atoms with Crippen molar-refractivity contribution in [1.82, 2.24) is 10.1 Å². The molecule has 0 aliphatic heterocycles. The van der Waals surface area contributed by atoms with Gasteiger partial charge in [-0.2, -0.15) is 4.98 Å². The van der Waals surface area contributed by atoms with Crippen LogP contribution >= 0.6 is 0 Å². The Bertz CT molecular complexity index is 237. The second-order valence-electron chi connectivity index (χ2n) is 3.09. The first-order valence-corrected chi connectivity index (χ1v) is 4.39. The topological polar surface area (TPSA) is 85.2 Å². The summed E-state index contributed by atoms with van der Waals surface area (Å²) in [7, 11) is 0. The summed E-state index contributed by atoms with van der Waals surface area (Å²) >= 11 is 0. The van der Waals surface area contributed by atoms with Crippen LogP contribution in [-0.2, 0) is 0 Å². The van der Waals surface area contributed by atoms with Crippen molar-refractivity contribution in [1.29, 1.82) is 0 Å². The van der Waals surface area contributed by atoms with Gasteiger partial charge in [0.1, 0.15) is 0 Å². The molecule has 2 atom stereocenters. The summed E-state index contributed by atoms with van der Waals surface area (Å²) in [4.78, 5) is 4.09. The first-order chi connectivity index (χ1) is 6.19. The predicted molar refractivity (Wildman–Crippen MR) is 47.0 cm³/mol. The summed E-state index contributed by atoms with van der Waals surface area (Å²) in [5.41, 5.74) is 5.51. The van der Waals surface area contributed by atoms with E-state index in [4.69, 9.17) is 15.4 Å². The lowest BCUT2D eigenvalue weighted by molar-refractivity contribution is 0.259. The molecule has 1 aromatic rings. The first-order valence-electron chi connectivity index (χ1n) is 4.39. The second-order valence-corrected chi connectivity index (χ2v) is 3.09. The third kappa shape index (κ3) is 2.26. The average Bonchev–Trinajstić information content (AvgIpc) is 2.64. The Balaban J connectivity index is 2.74. The molecule has 0 amide bonds. The molecule has 74 valence electrons. The predicted octanol–water partition coefficient (Wildman–Crippen LogP) is 0.575. The molecule has 0 aromatic carbocycles. The highest BCUT2D eigenvalue weighted by atomic mass is 16.5. The second kappa shape index (κ2) is 4.34. The SMILES string of the molecule is CCC(C)c1nc(C(N)CO)no1. The summed E-state index contributed by atoms with van der Waals surface area (Å²) < 4.78 is 4.99. The van der Waals surface area contributed by atoms with Crippen LogP contribution in [0, 0.1) is 0 Å². The molecular weight excluding hydrogens is 170 g/mol. The highest BCUT2D eigenvalue weighted by molar-refractivity contribution is 4.96. The lowest BCUT2D eigenvalue weighted by Crippen LogP contribution is -2.16. The Hall–Kier alpha value is -0.940. The van der Waals surface area contributed by atoms with Gasteiger partial charge in [0.2, 0.25) is 5.89 Å². The van der Waals surface area contributed by atoms with Crippen LogP contribution in [0.25, 0.3) is 0 Å². The van der Waals surface area contributed by atoms with Crippen LogP contribution in [0.4, 0.5) is 0 Å². The fourth-order valence-electron chi connectivity index (χ4n) is 0.854. The molecule has 0 fully saturated rings. The first kappa shape index (κ1) is 10.1. The van der Waals surface area contributed by atoms with Gasteiger partial charge in [-0.1, -0.05) is 19.0 Å². The van der Waals surface area contributed by atoms with Gasteiger partial charge in [-0.05, 0) is 6.42 Å². The molecule has 1 rings (SSSR count). The lowest BCUT2D eigenvalue weighted by atomic mass is 10.1. The zero-order valence-electron chi connectivity index (χ0n) is 7.90. The maximum atomic E-state index is 8.75. The minimum atomic E-state index is -0.540. The van der Waals surface area contributed by atoms with Crippen LogP contribution in [-0.4, -0.2) is 21.9 Å². The van der Waals surface area contributed by atoms with Gasteiger partial charge in [0.25, 0.3) is 0 Å². The number of aliphatic hydroxyl groups is 1. The number of aromatic nitrogens is 2. The van der Waals surface area contributed by atoms with E-state index in [1.807, 2.05) is 13.8 Å². The Morgan fingerprint density at radius 2 is 2.31 bits per heavy atom. The van der Waals surface area contributed by atoms with E-state index in [0.717, 1.165) is 6.42 Å². The minimum Gasteiger partial charge on any atom is -0.394 e. The van der Waals surface area contributed by atoms with E-state index < -0.39 is 6.04 Å². The molecule has 0 spiro atoms. The van der Waals surface area contributed by atoms with Gasteiger partial charge < -0.3 is 15.4 Å². The normalized spacial score (nSPS) is 15.7. The van der Waals surface area contributed by atoms with Crippen molar-refractivity contribution >= 4 is 0 Å². The van der Waals surface area contributed by atoms with Crippen LogP contribution in [0.2, 0.25) is 0 Å².